The number of benzene rings is 1. The van der Waals surface area contributed by atoms with Gasteiger partial charge in [0.2, 0.25) is 12.7 Å². The van der Waals surface area contributed by atoms with Gasteiger partial charge in [-0.1, -0.05) is 6.07 Å². The minimum Gasteiger partial charge on any atom is -0.454 e. The molecule has 0 amide bonds. The molecule has 0 spiro atoms. The van der Waals surface area contributed by atoms with Crippen molar-refractivity contribution in [1.29, 1.82) is 0 Å². The number of piperazine rings is 1. The van der Waals surface area contributed by atoms with E-state index in [0.29, 0.717) is 13.3 Å². The van der Waals surface area contributed by atoms with Crippen LogP contribution < -0.4 is 25.0 Å². The maximum Gasteiger partial charge on any atom is 0.231 e. The predicted octanol–water partition coefficient (Wildman–Crippen LogP) is 2.09. The Morgan fingerprint density at radius 2 is 1.84 bits per heavy atom. The Labute approximate surface area is 206 Å². The summed E-state index contributed by atoms with van der Waals surface area (Å²) in [6.07, 6.45) is 4.67. The highest BCUT2D eigenvalue weighted by atomic mass is 127. The number of guanidine groups is 1. The Morgan fingerprint density at radius 3 is 2.62 bits per heavy atom. The minimum absolute atomic E-state index is 0. The van der Waals surface area contributed by atoms with E-state index in [-0.39, 0.29) is 24.0 Å². The third-order valence-electron chi connectivity index (χ3n) is 5.35. The maximum atomic E-state index is 5.45. The Morgan fingerprint density at radius 1 is 1.06 bits per heavy atom. The molecule has 2 aromatic rings. The first kappa shape index (κ1) is 24.3. The van der Waals surface area contributed by atoms with Crippen molar-refractivity contribution in [3.63, 3.8) is 0 Å². The third kappa shape index (κ3) is 6.83. The first-order valence-corrected chi connectivity index (χ1v) is 11.0. The van der Waals surface area contributed by atoms with Crippen LogP contribution in [0.2, 0.25) is 0 Å². The van der Waals surface area contributed by atoms with E-state index in [2.05, 4.69) is 37.3 Å². The fourth-order valence-corrected chi connectivity index (χ4v) is 3.69. The number of hydrogen-bond acceptors (Lipinski definition) is 7. The second-order valence-corrected chi connectivity index (χ2v) is 7.54. The van der Waals surface area contributed by atoms with Crippen LogP contribution >= 0.6 is 24.0 Å². The molecular weight excluding hydrogens is 521 g/mol. The summed E-state index contributed by atoms with van der Waals surface area (Å²) in [7, 11) is 0. The van der Waals surface area contributed by atoms with Crippen LogP contribution in [0.1, 0.15) is 18.9 Å². The van der Waals surface area contributed by atoms with Crippen LogP contribution in [-0.4, -0.2) is 73.4 Å². The number of anilines is 1. The number of fused-ring (bicyclic) bond motifs is 1. The number of halogens is 1. The summed E-state index contributed by atoms with van der Waals surface area (Å²) in [6.45, 7) is 9.76. The summed E-state index contributed by atoms with van der Waals surface area (Å²) in [5, 5.41) is 6.76. The Hall–Kier alpha value is -2.34. The molecule has 0 saturated carbocycles. The number of ether oxygens (including phenoxy) is 2. The van der Waals surface area contributed by atoms with Crippen LogP contribution in [0.5, 0.6) is 11.5 Å². The van der Waals surface area contributed by atoms with E-state index in [0.717, 1.165) is 81.2 Å². The van der Waals surface area contributed by atoms with Crippen molar-refractivity contribution in [2.75, 3.05) is 57.5 Å². The molecule has 10 heteroatoms. The molecule has 0 bridgehead atoms. The highest BCUT2D eigenvalue weighted by Gasteiger charge is 2.18. The third-order valence-corrected chi connectivity index (χ3v) is 5.35. The summed E-state index contributed by atoms with van der Waals surface area (Å²) in [4.78, 5) is 18.1. The molecule has 0 unspecified atom stereocenters. The van der Waals surface area contributed by atoms with Gasteiger partial charge < -0.3 is 25.0 Å². The lowest BCUT2D eigenvalue weighted by Gasteiger charge is -2.34. The van der Waals surface area contributed by atoms with E-state index >= 15 is 0 Å². The maximum absolute atomic E-state index is 5.45. The van der Waals surface area contributed by atoms with E-state index in [1.54, 1.807) is 12.4 Å². The molecule has 4 rings (SSSR count). The first-order chi connectivity index (χ1) is 15.3. The van der Waals surface area contributed by atoms with Crippen LogP contribution in [-0.2, 0) is 6.54 Å². The van der Waals surface area contributed by atoms with Crippen molar-refractivity contribution in [3.8, 4) is 11.5 Å². The van der Waals surface area contributed by atoms with E-state index in [9.17, 15) is 0 Å². The fourth-order valence-electron chi connectivity index (χ4n) is 3.69. The van der Waals surface area contributed by atoms with Gasteiger partial charge in [0, 0.05) is 51.7 Å². The van der Waals surface area contributed by atoms with Gasteiger partial charge >= 0.3 is 0 Å². The van der Waals surface area contributed by atoms with E-state index < -0.39 is 0 Å². The topological polar surface area (TPSA) is 87.1 Å². The smallest absolute Gasteiger partial charge is 0.231 e. The summed E-state index contributed by atoms with van der Waals surface area (Å²) < 4.78 is 10.8. The average Bonchev–Trinajstić information content (AvgIpc) is 3.29. The van der Waals surface area contributed by atoms with E-state index in [4.69, 9.17) is 14.5 Å². The quantitative estimate of drug-likeness (QED) is 0.223. The zero-order valence-electron chi connectivity index (χ0n) is 18.5. The van der Waals surface area contributed by atoms with Crippen molar-refractivity contribution >= 4 is 35.9 Å². The molecule has 1 saturated heterocycles. The number of aliphatic imine (C=N–C) groups is 1. The van der Waals surface area contributed by atoms with Gasteiger partial charge in [0.05, 0.1) is 6.54 Å². The highest BCUT2D eigenvalue weighted by Crippen LogP contribution is 2.32. The van der Waals surface area contributed by atoms with Crippen molar-refractivity contribution in [1.82, 2.24) is 25.5 Å². The molecule has 0 radical (unpaired) electrons. The Bertz CT molecular complexity index is 861. The standard InChI is InChI=1S/C22H31N7O2.HI/c1-2-23-21(27-16-18-5-6-19-20(15-18)31-17-30-19)24-9-4-10-28-11-13-29(14-12-28)22-25-7-3-8-26-22;/h3,5-8,15H,2,4,9-14,16-17H2,1H3,(H2,23,24,27);1H. The SMILES string of the molecule is CCNC(=NCc1ccc2c(c1)OCO2)NCCCN1CCN(c2ncccn2)CC1.I. The van der Waals surface area contributed by atoms with Gasteiger partial charge in [0.15, 0.2) is 17.5 Å². The molecule has 174 valence electrons. The molecule has 9 nitrogen and oxygen atoms in total. The van der Waals surface area contributed by atoms with Gasteiger partial charge in [-0.05, 0) is 43.7 Å². The largest absolute Gasteiger partial charge is 0.454 e. The molecule has 32 heavy (non-hydrogen) atoms. The molecule has 1 fully saturated rings. The van der Waals surface area contributed by atoms with Crippen molar-refractivity contribution < 1.29 is 9.47 Å². The molecule has 2 aliphatic rings. The van der Waals surface area contributed by atoms with Gasteiger partial charge in [-0.15, -0.1) is 24.0 Å². The monoisotopic (exact) mass is 553 g/mol. The van der Waals surface area contributed by atoms with Gasteiger partial charge in [-0.2, -0.15) is 0 Å². The molecule has 0 atom stereocenters. The van der Waals surface area contributed by atoms with Crippen LogP contribution in [0, 0.1) is 0 Å². The second kappa shape index (κ2) is 12.6. The van der Waals surface area contributed by atoms with Crippen LogP contribution in [0.15, 0.2) is 41.7 Å². The molecule has 3 heterocycles. The normalized spacial score (nSPS) is 15.9. The number of aromatic nitrogens is 2. The molecule has 2 N–H and O–H groups in total. The van der Waals surface area contributed by atoms with Gasteiger partial charge in [0.25, 0.3) is 0 Å². The highest BCUT2D eigenvalue weighted by molar-refractivity contribution is 14.0. The zero-order valence-corrected chi connectivity index (χ0v) is 20.8. The summed E-state index contributed by atoms with van der Waals surface area (Å²) in [5.41, 5.74) is 1.10. The summed E-state index contributed by atoms with van der Waals surface area (Å²) >= 11 is 0. The van der Waals surface area contributed by atoms with E-state index in [1.807, 2.05) is 24.3 Å². The molecule has 1 aromatic carbocycles. The minimum atomic E-state index is 0. The number of nitrogens with one attached hydrogen (secondary N) is 2. The summed E-state index contributed by atoms with van der Waals surface area (Å²) in [5.74, 6) is 3.27. The van der Waals surface area contributed by atoms with Crippen LogP contribution in [0.25, 0.3) is 0 Å². The average molecular weight is 553 g/mol. The van der Waals surface area contributed by atoms with E-state index in [1.165, 1.54) is 0 Å². The van der Waals surface area contributed by atoms with Crippen LogP contribution in [0.4, 0.5) is 5.95 Å². The lowest BCUT2D eigenvalue weighted by molar-refractivity contribution is 0.174. The van der Waals surface area contributed by atoms with Gasteiger partial charge in [0.1, 0.15) is 0 Å². The second-order valence-electron chi connectivity index (χ2n) is 7.54. The molecule has 1 aromatic heterocycles. The van der Waals surface area contributed by atoms with Crippen molar-refractivity contribution in [3.05, 3.63) is 42.2 Å². The van der Waals surface area contributed by atoms with Gasteiger partial charge in [-0.3, -0.25) is 4.90 Å². The lowest BCUT2D eigenvalue weighted by atomic mass is 10.2. The number of hydrogen-bond donors (Lipinski definition) is 2. The zero-order chi connectivity index (χ0) is 21.3. The summed E-state index contributed by atoms with van der Waals surface area (Å²) in [6, 6.07) is 7.82. The van der Waals surface area contributed by atoms with Gasteiger partial charge in [-0.25, -0.2) is 15.0 Å². The predicted molar refractivity (Wildman–Crippen MR) is 136 cm³/mol. The Balaban J connectivity index is 0.00000289. The van der Waals surface area contributed by atoms with Crippen molar-refractivity contribution in [2.24, 2.45) is 4.99 Å². The Kier molecular flexibility index (Phi) is 9.60. The number of nitrogens with zero attached hydrogens (tertiary/aromatic N) is 5. The molecule has 2 aliphatic heterocycles. The van der Waals surface area contributed by atoms with Crippen molar-refractivity contribution in [2.45, 2.75) is 19.9 Å². The molecule has 0 aliphatic carbocycles. The first-order valence-electron chi connectivity index (χ1n) is 11.0. The lowest BCUT2D eigenvalue weighted by Crippen LogP contribution is -2.47. The van der Waals surface area contributed by atoms with Crippen LogP contribution in [0.3, 0.4) is 0 Å². The molecular formula is C22H32IN7O2. The number of rotatable bonds is 8. The fraction of sp³-hybridized carbons (Fsp3) is 0.500.